The zero-order valence-corrected chi connectivity index (χ0v) is 36.8. The maximum absolute atomic E-state index is 5.89. The number of aromatic nitrogens is 2. The molecule has 0 unspecified atom stereocenters. The highest BCUT2D eigenvalue weighted by molar-refractivity contribution is 6.29. The van der Waals surface area contributed by atoms with Crippen molar-refractivity contribution in [2.45, 2.75) is 0 Å². The van der Waals surface area contributed by atoms with Crippen molar-refractivity contribution < 1.29 is 0 Å². The number of pyridine rings is 2. The normalized spacial score (nSPS) is 12.1. The van der Waals surface area contributed by atoms with Crippen LogP contribution in [0, 0.1) is 0 Å². The van der Waals surface area contributed by atoms with E-state index < -0.39 is 0 Å². The minimum Gasteiger partial charge on any atom is -0.246 e. The highest BCUT2D eigenvalue weighted by atomic mass is 14.7. The highest BCUT2D eigenvalue weighted by Crippen LogP contribution is 2.55. The van der Waals surface area contributed by atoms with Gasteiger partial charge in [-0.3, -0.25) is 0 Å². The molecule has 1 aliphatic carbocycles. The van der Waals surface area contributed by atoms with Gasteiger partial charge in [-0.25, -0.2) is 9.97 Å². The molecule has 0 aliphatic heterocycles. The third-order valence-corrected chi connectivity index (χ3v) is 14.7. The van der Waals surface area contributed by atoms with Gasteiger partial charge in [-0.15, -0.1) is 0 Å². The Morgan fingerprint density at radius 1 is 0.221 bits per heavy atom. The van der Waals surface area contributed by atoms with Gasteiger partial charge in [0.05, 0.1) is 22.4 Å². The Hall–Kier alpha value is -8.98. The molecule has 0 bridgehead atoms. The predicted molar refractivity (Wildman–Crippen MR) is 288 cm³/mol. The maximum atomic E-state index is 5.89. The second-order valence-corrected chi connectivity index (χ2v) is 18.3. The SMILES string of the molecule is c1ccc(-c2cc3ccc4ccccc4c3nc2-c2c3ccccc3c(-c3nc4c(ccc5ccccc54)cc3-c3ccccc3)c3cc4c(cc23)-c2cccc3c2c-4cc2ccccc23)cc1. The van der Waals surface area contributed by atoms with E-state index in [-0.39, 0.29) is 0 Å². The summed E-state index contributed by atoms with van der Waals surface area (Å²) in [5.41, 5.74) is 15.7. The van der Waals surface area contributed by atoms with Crippen molar-refractivity contribution in [2.24, 2.45) is 0 Å². The van der Waals surface area contributed by atoms with Gasteiger partial charge in [-0.2, -0.15) is 0 Å². The van der Waals surface area contributed by atoms with E-state index in [1.165, 1.54) is 54.6 Å². The second-order valence-electron chi connectivity index (χ2n) is 18.3. The molecule has 0 fully saturated rings. The van der Waals surface area contributed by atoms with E-state index in [1.54, 1.807) is 0 Å². The summed E-state index contributed by atoms with van der Waals surface area (Å²) in [6.45, 7) is 0. The minimum absolute atomic E-state index is 0.965. The molecule has 0 saturated carbocycles. The molecule has 0 radical (unpaired) electrons. The molecule has 0 saturated heterocycles. The number of benzene rings is 12. The molecule has 68 heavy (non-hydrogen) atoms. The summed E-state index contributed by atoms with van der Waals surface area (Å²) in [6.07, 6.45) is 0. The molecule has 2 nitrogen and oxygen atoms in total. The molecule has 15 rings (SSSR count). The number of rotatable bonds is 4. The van der Waals surface area contributed by atoms with Gasteiger partial charge in [0.2, 0.25) is 0 Å². The quantitative estimate of drug-likeness (QED) is 0.130. The molecule has 2 heterocycles. The summed E-state index contributed by atoms with van der Waals surface area (Å²) in [7, 11) is 0. The lowest BCUT2D eigenvalue weighted by Gasteiger charge is -2.22. The first kappa shape index (κ1) is 37.3. The molecule has 14 aromatic rings. The van der Waals surface area contributed by atoms with Gasteiger partial charge in [-0.1, -0.05) is 200 Å². The Morgan fingerprint density at radius 3 is 1.18 bits per heavy atom. The first-order valence-electron chi connectivity index (χ1n) is 23.5. The summed E-state index contributed by atoms with van der Waals surface area (Å²) in [5, 5.41) is 16.6. The van der Waals surface area contributed by atoms with Gasteiger partial charge in [0.25, 0.3) is 0 Å². The maximum Gasteiger partial charge on any atom is 0.0800 e. The van der Waals surface area contributed by atoms with Gasteiger partial charge >= 0.3 is 0 Å². The molecular weight excluding hydrogens is 821 g/mol. The van der Waals surface area contributed by atoms with E-state index in [2.05, 4.69) is 231 Å². The average Bonchev–Trinajstić information content (AvgIpc) is 3.71. The molecule has 0 atom stereocenters. The van der Waals surface area contributed by atoms with Gasteiger partial charge in [0.1, 0.15) is 0 Å². The van der Waals surface area contributed by atoms with Crippen LogP contribution < -0.4 is 0 Å². The Bertz CT molecular complexity index is 4480. The van der Waals surface area contributed by atoms with Crippen LogP contribution in [-0.4, -0.2) is 9.97 Å². The van der Waals surface area contributed by atoms with E-state index >= 15 is 0 Å². The molecule has 312 valence electrons. The summed E-state index contributed by atoms with van der Waals surface area (Å²) in [5.74, 6) is 0. The monoisotopic (exact) mass is 858 g/mol. The molecule has 12 aromatic carbocycles. The van der Waals surface area contributed by atoms with Gasteiger partial charge in [0, 0.05) is 43.8 Å². The second kappa shape index (κ2) is 14.3. The van der Waals surface area contributed by atoms with Crippen LogP contribution in [0.5, 0.6) is 0 Å². The average molecular weight is 859 g/mol. The topological polar surface area (TPSA) is 25.8 Å². The van der Waals surface area contributed by atoms with Crippen LogP contribution in [0.25, 0.3) is 153 Å². The predicted octanol–water partition coefficient (Wildman–Crippen LogP) is 18.0. The fraction of sp³-hybridized carbons (Fsp3) is 0. The van der Waals surface area contributed by atoms with Crippen molar-refractivity contribution in [3.8, 4) is 67.0 Å². The summed E-state index contributed by atoms with van der Waals surface area (Å²) >= 11 is 0. The van der Waals surface area contributed by atoms with E-state index in [1.807, 2.05) is 0 Å². The smallest absolute Gasteiger partial charge is 0.0800 e. The van der Waals surface area contributed by atoms with E-state index in [9.17, 15) is 0 Å². The minimum atomic E-state index is 0.965. The zero-order valence-electron chi connectivity index (χ0n) is 36.8. The van der Waals surface area contributed by atoms with Crippen molar-refractivity contribution in [1.82, 2.24) is 9.97 Å². The van der Waals surface area contributed by atoms with Gasteiger partial charge < -0.3 is 0 Å². The van der Waals surface area contributed by atoms with Crippen LogP contribution in [0.2, 0.25) is 0 Å². The van der Waals surface area contributed by atoms with E-state index in [0.717, 1.165) is 98.9 Å². The van der Waals surface area contributed by atoms with Crippen LogP contribution in [0.4, 0.5) is 0 Å². The first-order chi connectivity index (χ1) is 33.7. The summed E-state index contributed by atoms with van der Waals surface area (Å²) < 4.78 is 0. The van der Waals surface area contributed by atoms with Gasteiger partial charge in [0.15, 0.2) is 0 Å². The standard InChI is InChI=1S/C66H38N2/c1-3-16-39(17-4-1)53-35-44-32-30-41-20-7-11-24-47(41)63(44)67-65(53)61-50-26-13-14-27-51(50)62(66-54(40-18-5-2-6-19-40)36-45-33-31-42-21-8-12-25-48(42)64(45)68-66)59-38-56-55(37-58(59)61)52-29-15-28-49-46-23-10-9-22-43(46)34-57(56)60(49)52/h1-38H. The van der Waals surface area contributed by atoms with E-state index in [4.69, 9.17) is 9.97 Å². The van der Waals surface area contributed by atoms with E-state index in [0.29, 0.717) is 0 Å². The summed E-state index contributed by atoms with van der Waals surface area (Å²) in [4.78, 5) is 11.8. The number of fused-ring (bicyclic) bond motifs is 13. The molecule has 0 N–H and O–H groups in total. The van der Waals surface area contributed by atoms with Crippen LogP contribution >= 0.6 is 0 Å². The Balaban J connectivity index is 1.16. The number of hydrogen-bond acceptors (Lipinski definition) is 2. The Labute approximate surface area is 392 Å². The van der Waals surface area contributed by atoms with Crippen LogP contribution in [0.1, 0.15) is 0 Å². The van der Waals surface area contributed by atoms with Crippen LogP contribution in [0.15, 0.2) is 231 Å². The lowest BCUT2D eigenvalue weighted by atomic mass is 9.83. The molecular formula is C66H38N2. The largest absolute Gasteiger partial charge is 0.246 e. The zero-order chi connectivity index (χ0) is 44.5. The van der Waals surface area contributed by atoms with Crippen LogP contribution in [0.3, 0.4) is 0 Å². The third kappa shape index (κ3) is 5.34. The van der Waals surface area contributed by atoms with Crippen molar-refractivity contribution in [1.29, 1.82) is 0 Å². The number of nitrogens with zero attached hydrogens (tertiary/aromatic N) is 2. The fourth-order valence-corrected chi connectivity index (χ4v) is 11.7. The summed E-state index contributed by atoms with van der Waals surface area (Å²) in [6, 6.07) is 84.7. The van der Waals surface area contributed by atoms with Crippen molar-refractivity contribution in [3.05, 3.63) is 231 Å². The fourth-order valence-electron chi connectivity index (χ4n) is 11.7. The van der Waals surface area contributed by atoms with Crippen molar-refractivity contribution >= 4 is 86.4 Å². The molecule has 1 aliphatic rings. The lowest BCUT2D eigenvalue weighted by molar-refractivity contribution is 1.41. The number of hydrogen-bond donors (Lipinski definition) is 0. The van der Waals surface area contributed by atoms with Gasteiger partial charge in [-0.05, 0) is 118 Å². The molecule has 0 amide bonds. The Kier molecular flexibility index (Phi) is 7.81. The molecule has 2 heteroatoms. The van der Waals surface area contributed by atoms with Crippen LogP contribution in [-0.2, 0) is 0 Å². The Morgan fingerprint density at radius 2 is 0.632 bits per heavy atom. The third-order valence-electron chi connectivity index (χ3n) is 14.7. The lowest BCUT2D eigenvalue weighted by Crippen LogP contribution is -1.99. The molecule has 0 spiro atoms. The first-order valence-corrected chi connectivity index (χ1v) is 23.5. The molecule has 2 aromatic heterocycles. The highest BCUT2D eigenvalue weighted by Gasteiger charge is 2.29. The van der Waals surface area contributed by atoms with Crippen molar-refractivity contribution in [2.75, 3.05) is 0 Å². The van der Waals surface area contributed by atoms with Crippen molar-refractivity contribution in [3.63, 3.8) is 0 Å².